The zero-order valence-electron chi connectivity index (χ0n) is 12.1. The number of halogens is 3. The molecule has 0 aliphatic rings. The number of hydrogen-bond donors (Lipinski definition) is 1. The minimum absolute atomic E-state index is 0.0761. The van der Waals surface area contributed by atoms with E-state index in [1.165, 1.54) is 11.3 Å². The van der Waals surface area contributed by atoms with Gasteiger partial charge in [-0.05, 0) is 26.0 Å². The molecule has 0 spiro atoms. The van der Waals surface area contributed by atoms with Crippen LogP contribution in [0.5, 0.6) is 0 Å². The molecule has 2 aromatic rings. The molecule has 2 nitrogen and oxygen atoms in total. The molecule has 21 heavy (non-hydrogen) atoms. The summed E-state index contributed by atoms with van der Waals surface area (Å²) < 4.78 is 40.5. The van der Waals surface area contributed by atoms with E-state index in [0.29, 0.717) is 17.6 Å². The van der Waals surface area contributed by atoms with Gasteiger partial charge in [0.15, 0.2) is 11.6 Å². The summed E-state index contributed by atoms with van der Waals surface area (Å²) >= 11 is 1.44. The van der Waals surface area contributed by atoms with Crippen molar-refractivity contribution in [3.63, 3.8) is 0 Å². The first-order valence-corrected chi connectivity index (χ1v) is 7.63. The normalized spacial score (nSPS) is 12.7. The van der Waals surface area contributed by atoms with Crippen molar-refractivity contribution in [2.75, 3.05) is 6.54 Å². The summed E-state index contributed by atoms with van der Waals surface area (Å²) in [7, 11) is 0. The molecule has 1 unspecified atom stereocenters. The average Bonchev–Trinajstić information content (AvgIpc) is 2.81. The second-order valence-corrected chi connectivity index (χ2v) is 5.92. The van der Waals surface area contributed by atoms with E-state index in [2.05, 4.69) is 10.3 Å². The molecule has 6 heteroatoms. The Labute approximate surface area is 126 Å². The van der Waals surface area contributed by atoms with Crippen LogP contribution in [0.25, 0.3) is 0 Å². The monoisotopic (exact) mass is 314 g/mol. The van der Waals surface area contributed by atoms with Gasteiger partial charge in [0.05, 0.1) is 11.7 Å². The highest BCUT2D eigenvalue weighted by atomic mass is 32.1. The third-order valence-corrected chi connectivity index (χ3v) is 4.33. The molecule has 1 aromatic heterocycles. The molecule has 0 radical (unpaired) electrons. The van der Waals surface area contributed by atoms with Gasteiger partial charge in [-0.1, -0.05) is 13.8 Å². The van der Waals surface area contributed by atoms with Gasteiger partial charge in [-0.3, -0.25) is 0 Å². The van der Waals surface area contributed by atoms with Crippen LogP contribution >= 0.6 is 11.3 Å². The maximum atomic E-state index is 14.0. The number of nitrogens with one attached hydrogen (secondary N) is 1. The van der Waals surface area contributed by atoms with Crippen molar-refractivity contribution < 1.29 is 13.2 Å². The van der Waals surface area contributed by atoms with E-state index in [0.717, 1.165) is 23.1 Å². The Bertz CT molecular complexity index is 640. The van der Waals surface area contributed by atoms with Gasteiger partial charge in [-0.2, -0.15) is 0 Å². The van der Waals surface area contributed by atoms with E-state index in [1.54, 1.807) is 0 Å². The summed E-state index contributed by atoms with van der Waals surface area (Å²) in [4.78, 5) is 5.54. The molecule has 2 rings (SSSR count). The number of benzene rings is 1. The Morgan fingerprint density at radius 3 is 2.38 bits per heavy atom. The molecule has 0 saturated carbocycles. The fraction of sp³-hybridized carbons (Fsp3) is 0.400. The summed E-state index contributed by atoms with van der Waals surface area (Å²) in [6.07, 6.45) is 0.779. The minimum Gasteiger partial charge on any atom is -0.304 e. The Morgan fingerprint density at radius 1 is 1.14 bits per heavy atom. The maximum absolute atomic E-state index is 14.0. The fourth-order valence-electron chi connectivity index (χ4n) is 2.20. The predicted molar refractivity (Wildman–Crippen MR) is 78.1 cm³/mol. The molecule has 0 aliphatic heterocycles. The van der Waals surface area contributed by atoms with Crippen molar-refractivity contribution in [2.45, 2.75) is 33.2 Å². The molecule has 0 bridgehead atoms. The molecule has 1 N–H and O–H groups in total. The molecule has 0 amide bonds. The lowest BCUT2D eigenvalue weighted by Gasteiger charge is -2.17. The number of nitrogens with zero attached hydrogens (tertiary/aromatic N) is 1. The van der Waals surface area contributed by atoms with Gasteiger partial charge in [-0.25, -0.2) is 18.2 Å². The Kier molecular flexibility index (Phi) is 5.00. The third-order valence-electron chi connectivity index (χ3n) is 3.25. The maximum Gasteiger partial charge on any atom is 0.161 e. The zero-order chi connectivity index (χ0) is 15.6. The average molecular weight is 314 g/mol. The summed E-state index contributed by atoms with van der Waals surface area (Å²) in [6, 6.07) is 0.908. The van der Waals surface area contributed by atoms with E-state index in [4.69, 9.17) is 0 Å². The van der Waals surface area contributed by atoms with Crippen molar-refractivity contribution in [3.8, 4) is 0 Å². The lowest BCUT2D eigenvalue weighted by atomic mass is 10.1. The van der Waals surface area contributed by atoms with Gasteiger partial charge < -0.3 is 5.32 Å². The zero-order valence-corrected chi connectivity index (χ0v) is 13.0. The fourth-order valence-corrected chi connectivity index (χ4v) is 3.30. The van der Waals surface area contributed by atoms with Gasteiger partial charge in [0, 0.05) is 16.5 Å². The summed E-state index contributed by atoms with van der Waals surface area (Å²) in [5.41, 5.74) is 1.02. The van der Waals surface area contributed by atoms with Crippen molar-refractivity contribution in [1.82, 2.24) is 10.3 Å². The van der Waals surface area contributed by atoms with Crippen LogP contribution < -0.4 is 5.32 Å². The largest absolute Gasteiger partial charge is 0.304 e. The first-order chi connectivity index (χ1) is 9.97. The molecule has 1 heterocycles. The van der Waals surface area contributed by atoms with Crippen LogP contribution in [-0.2, 0) is 6.42 Å². The highest BCUT2D eigenvalue weighted by molar-refractivity contribution is 7.11. The number of hydrogen-bond acceptors (Lipinski definition) is 3. The molecular formula is C15H17F3N2S. The highest BCUT2D eigenvalue weighted by Gasteiger charge is 2.23. The predicted octanol–water partition coefficient (Wildman–Crippen LogP) is 4.13. The van der Waals surface area contributed by atoms with Gasteiger partial charge >= 0.3 is 0 Å². The van der Waals surface area contributed by atoms with Crippen LogP contribution in [0.3, 0.4) is 0 Å². The molecule has 114 valence electrons. The van der Waals surface area contributed by atoms with Crippen LogP contribution in [-0.4, -0.2) is 11.5 Å². The quantitative estimate of drug-likeness (QED) is 0.839. The third kappa shape index (κ3) is 3.27. The van der Waals surface area contributed by atoms with Gasteiger partial charge in [0.25, 0.3) is 0 Å². The number of aryl methyl sites for hydroxylation is 2. The molecule has 1 atom stereocenters. The first-order valence-electron chi connectivity index (χ1n) is 6.81. The molecule has 0 aliphatic carbocycles. The lowest BCUT2D eigenvalue weighted by Crippen LogP contribution is -2.23. The molecule has 0 fully saturated rings. The van der Waals surface area contributed by atoms with E-state index < -0.39 is 23.5 Å². The number of thiazole rings is 1. The van der Waals surface area contributed by atoms with Crippen molar-refractivity contribution in [2.24, 2.45) is 0 Å². The van der Waals surface area contributed by atoms with Crippen molar-refractivity contribution in [1.29, 1.82) is 0 Å². The molecular weight excluding hydrogens is 297 g/mol. The van der Waals surface area contributed by atoms with Crippen LogP contribution in [0.1, 0.15) is 41.0 Å². The summed E-state index contributed by atoms with van der Waals surface area (Å²) in [5, 5.41) is 3.75. The SMILES string of the molecule is CCNC(c1nc(CC)c(C)s1)c1cc(F)c(F)cc1F. The molecule has 1 aromatic carbocycles. The van der Waals surface area contributed by atoms with Crippen LogP contribution in [0.4, 0.5) is 13.2 Å². The second kappa shape index (κ2) is 6.58. The Hall–Kier alpha value is -1.40. The summed E-state index contributed by atoms with van der Waals surface area (Å²) in [6.45, 7) is 6.37. The Balaban J connectivity index is 2.50. The van der Waals surface area contributed by atoms with Gasteiger partial charge in [0.1, 0.15) is 10.8 Å². The van der Waals surface area contributed by atoms with E-state index in [9.17, 15) is 13.2 Å². The van der Waals surface area contributed by atoms with E-state index in [-0.39, 0.29) is 5.56 Å². The number of aromatic nitrogens is 1. The van der Waals surface area contributed by atoms with Crippen molar-refractivity contribution in [3.05, 3.63) is 50.7 Å². The highest BCUT2D eigenvalue weighted by Crippen LogP contribution is 2.30. The molecule has 0 saturated heterocycles. The van der Waals surface area contributed by atoms with Crippen LogP contribution in [0.2, 0.25) is 0 Å². The lowest BCUT2D eigenvalue weighted by molar-refractivity contribution is 0.480. The Morgan fingerprint density at radius 2 is 1.81 bits per heavy atom. The minimum atomic E-state index is -1.18. The summed E-state index contributed by atoms with van der Waals surface area (Å²) in [5.74, 6) is -3.01. The van der Waals surface area contributed by atoms with Gasteiger partial charge in [0.2, 0.25) is 0 Å². The topological polar surface area (TPSA) is 24.9 Å². The van der Waals surface area contributed by atoms with Crippen LogP contribution in [0.15, 0.2) is 12.1 Å². The van der Waals surface area contributed by atoms with Gasteiger partial charge in [-0.15, -0.1) is 11.3 Å². The second-order valence-electron chi connectivity index (χ2n) is 4.69. The standard InChI is InChI=1S/C15H17F3N2S/c1-4-13-8(3)21-15(20-13)14(19-5-2)9-6-11(17)12(18)7-10(9)16/h6-7,14,19H,4-5H2,1-3H3. The van der Waals surface area contributed by atoms with E-state index in [1.807, 2.05) is 20.8 Å². The van der Waals surface area contributed by atoms with E-state index >= 15 is 0 Å². The first kappa shape index (κ1) is 16.0. The smallest absolute Gasteiger partial charge is 0.161 e. The van der Waals surface area contributed by atoms with Crippen LogP contribution in [0, 0.1) is 24.4 Å². The van der Waals surface area contributed by atoms with Crippen molar-refractivity contribution >= 4 is 11.3 Å². The number of rotatable bonds is 5.